The number of carbonyl (C=O) groups is 1. The van der Waals surface area contributed by atoms with Crippen molar-refractivity contribution in [3.8, 4) is 11.8 Å². The van der Waals surface area contributed by atoms with Gasteiger partial charge in [-0.05, 0) is 24.3 Å². The Kier molecular flexibility index (Phi) is 4.92. The summed E-state index contributed by atoms with van der Waals surface area (Å²) in [5.41, 5.74) is 0.592. The second-order valence-electron chi connectivity index (χ2n) is 5.48. The number of pyridine rings is 1. The summed E-state index contributed by atoms with van der Waals surface area (Å²) in [6, 6.07) is 14.9. The van der Waals surface area contributed by atoms with Crippen molar-refractivity contribution in [1.29, 1.82) is 5.26 Å². The van der Waals surface area contributed by atoms with Gasteiger partial charge in [-0.1, -0.05) is 18.2 Å². The third-order valence-electron chi connectivity index (χ3n) is 3.94. The van der Waals surface area contributed by atoms with Crippen LogP contribution in [0, 0.1) is 11.3 Å². The summed E-state index contributed by atoms with van der Waals surface area (Å²) in [5.74, 6) is 1.46. The second-order valence-corrected chi connectivity index (χ2v) is 5.48. The lowest BCUT2D eigenvalue weighted by Gasteiger charge is -2.35. The minimum absolute atomic E-state index is 0.0164. The summed E-state index contributed by atoms with van der Waals surface area (Å²) in [6.45, 7) is 2.68. The fourth-order valence-electron chi connectivity index (χ4n) is 2.60. The molecule has 1 aliphatic rings. The van der Waals surface area contributed by atoms with Crippen LogP contribution in [0.25, 0.3) is 0 Å². The number of anilines is 1. The van der Waals surface area contributed by atoms with Crippen LogP contribution in [0.2, 0.25) is 0 Å². The molecular weight excluding hydrogens is 304 g/mol. The van der Waals surface area contributed by atoms with Gasteiger partial charge in [0.2, 0.25) is 0 Å². The van der Waals surface area contributed by atoms with Crippen molar-refractivity contribution in [2.75, 3.05) is 37.7 Å². The fourth-order valence-corrected chi connectivity index (χ4v) is 2.60. The number of hydrogen-bond donors (Lipinski definition) is 0. The minimum Gasteiger partial charge on any atom is -0.484 e. The molecule has 2 aromatic rings. The third kappa shape index (κ3) is 3.82. The van der Waals surface area contributed by atoms with Crippen molar-refractivity contribution in [3.63, 3.8) is 0 Å². The molecule has 0 unspecified atom stereocenters. The number of benzene rings is 1. The minimum atomic E-state index is -0.0164. The van der Waals surface area contributed by atoms with Gasteiger partial charge in [0.25, 0.3) is 5.91 Å². The third-order valence-corrected chi connectivity index (χ3v) is 3.94. The number of nitriles is 1. The number of para-hydroxylation sites is 1. The molecule has 0 N–H and O–H groups in total. The average molecular weight is 322 g/mol. The van der Waals surface area contributed by atoms with Gasteiger partial charge in [-0.2, -0.15) is 5.26 Å². The maximum atomic E-state index is 12.2. The molecule has 0 radical (unpaired) electrons. The van der Waals surface area contributed by atoms with E-state index in [9.17, 15) is 4.79 Å². The van der Waals surface area contributed by atoms with Gasteiger partial charge in [0.05, 0.1) is 11.6 Å². The topological polar surface area (TPSA) is 69.5 Å². The first kappa shape index (κ1) is 15.8. The highest BCUT2D eigenvalue weighted by molar-refractivity contribution is 5.78. The predicted octanol–water partition coefficient (Wildman–Crippen LogP) is 1.68. The Hall–Kier alpha value is -3.07. The summed E-state index contributed by atoms with van der Waals surface area (Å²) < 4.78 is 5.51. The molecule has 0 bridgehead atoms. The molecule has 1 amide bonds. The van der Waals surface area contributed by atoms with Crippen molar-refractivity contribution in [3.05, 3.63) is 54.2 Å². The van der Waals surface area contributed by atoms with Crippen molar-refractivity contribution in [2.24, 2.45) is 0 Å². The zero-order valence-electron chi connectivity index (χ0n) is 13.3. The lowest BCUT2D eigenvalue weighted by atomic mass is 10.2. The number of ether oxygens (including phenoxy) is 1. The molecule has 6 nitrogen and oxygen atoms in total. The van der Waals surface area contributed by atoms with Gasteiger partial charge in [-0.3, -0.25) is 4.79 Å². The Balaban J connectivity index is 1.51. The van der Waals surface area contributed by atoms with E-state index in [0.29, 0.717) is 37.5 Å². The zero-order valence-corrected chi connectivity index (χ0v) is 13.3. The number of nitrogens with zero attached hydrogens (tertiary/aromatic N) is 4. The molecule has 1 aromatic carbocycles. The lowest BCUT2D eigenvalue weighted by Crippen LogP contribution is -2.50. The molecule has 3 rings (SSSR count). The number of rotatable bonds is 4. The molecule has 1 fully saturated rings. The summed E-state index contributed by atoms with van der Waals surface area (Å²) >= 11 is 0. The quantitative estimate of drug-likeness (QED) is 0.856. The summed E-state index contributed by atoms with van der Waals surface area (Å²) in [4.78, 5) is 20.4. The number of hydrogen-bond acceptors (Lipinski definition) is 5. The van der Waals surface area contributed by atoms with Crippen molar-refractivity contribution in [1.82, 2.24) is 9.88 Å². The molecule has 1 aliphatic heterocycles. The Morgan fingerprint density at radius 2 is 1.92 bits per heavy atom. The van der Waals surface area contributed by atoms with Crippen LogP contribution in [-0.4, -0.2) is 48.6 Å². The van der Waals surface area contributed by atoms with Crippen molar-refractivity contribution < 1.29 is 9.53 Å². The first-order valence-electron chi connectivity index (χ1n) is 7.83. The standard InChI is InChI=1S/C18H18N4O2/c19-13-15-6-7-20-17(12-15)21-8-10-22(11-9-21)18(23)14-24-16-4-2-1-3-5-16/h1-7,12H,8-11,14H2. The van der Waals surface area contributed by atoms with E-state index in [1.807, 2.05) is 30.3 Å². The molecule has 1 saturated heterocycles. The molecule has 0 spiro atoms. The summed E-state index contributed by atoms with van der Waals surface area (Å²) in [6.07, 6.45) is 1.64. The van der Waals surface area contributed by atoms with E-state index in [1.165, 1.54) is 0 Å². The number of carbonyl (C=O) groups excluding carboxylic acids is 1. The number of aromatic nitrogens is 1. The van der Waals surface area contributed by atoms with E-state index in [1.54, 1.807) is 23.2 Å². The molecule has 0 atom stereocenters. The molecule has 122 valence electrons. The van der Waals surface area contributed by atoms with Gasteiger partial charge < -0.3 is 14.5 Å². The van der Waals surface area contributed by atoms with Crippen LogP contribution < -0.4 is 9.64 Å². The van der Waals surface area contributed by atoms with Crippen LogP contribution in [0.3, 0.4) is 0 Å². The SMILES string of the molecule is N#Cc1ccnc(N2CCN(C(=O)COc3ccccc3)CC2)c1. The van der Waals surface area contributed by atoms with E-state index in [-0.39, 0.29) is 12.5 Å². The van der Waals surface area contributed by atoms with Gasteiger partial charge in [0, 0.05) is 32.4 Å². The van der Waals surface area contributed by atoms with Crippen LogP contribution in [0.4, 0.5) is 5.82 Å². The highest BCUT2D eigenvalue weighted by Crippen LogP contribution is 2.15. The Bertz CT molecular complexity index is 734. The Morgan fingerprint density at radius 1 is 1.17 bits per heavy atom. The Labute approximate surface area is 140 Å². The summed E-state index contributed by atoms with van der Waals surface area (Å²) in [5, 5.41) is 8.97. The Morgan fingerprint density at radius 3 is 2.62 bits per heavy atom. The lowest BCUT2D eigenvalue weighted by molar-refractivity contribution is -0.133. The van der Waals surface area contributed by atoms with Gasteiger partial charge in [0.15, 0.2) is 6.61 Å². The van der Waals surface area contributed by atoms with Crippen molar-refractivity contribution >= 4 is 11.7 Å². The molecule has 0 saturated carbocycles. The van der Waals surface area contributed by atoms with Crippen LogP contribution in [-0.2, 0) is 4.79 Å². The van der Waals surface area contributed by atoms with Gasteiger partial charge in [-0.25, -0.2) is 4.98 Å². The van der Waals surface area contributed by atoms with E-state index in [0.717, 1.165) is 5.82 Å². The zero-order chi connectivity index (χ0) is 16.8. The monoisotopic (exact) mass is 322 g/mol. The van der Waals surface area contributed by atoms with Crippen LogP contribution in [0.15, 0.2) is 48.7 Å². The second kappa shape index (κ2) is 7.47. The van der Waals surface area contributed by atoms with E-state index in [2.05, 4.69) is 16.0 Å². The number of amides is 1. The van der Waals surface area contributed by atoms with Crippen molar-refractivity contribution in [2.45, 2.75) is 0 Å². The molecule has 6 heteroatoms. The fraction of sp³-hybridized carbons (Fsp3) is 0.278. The molecule has 2 heterocycles. The maximum absolute atomic E-state index is 12.2. The average Bonchev–Trinajstić information content (AvgIpc) is 2.67. The number of piperazine rings is 1. The van der Waals surface area contributed by atoms with Crippen LogP contribution >= 0.6 is 0 Å². The maximum Gasteiger partial charge on any atom is 0.260 e. The predicted molar refractivity (Wildman–Crippen MR) is 89.7 cm³/mol. The highest BCUT2D eigenvalue weighted by atomic mass is 16.5. The molecule has 24 heavy (non-hydrogen) atoms. The van der Waals surface area contributed by atoms with Gasteiger partial charge in [0.1, 0.15) is 11.6 Å². The van der Waals surface area contributed by atoms with Crippen LogP contribution in [0.5, 0.6) is 5.75 Å². The summed E-state index contributed by atoms with van der Waals surface area (Å²) in [7, 11) is 0. The molecular formula is C18H18N4O2. The van der Waals surface area contributed by atoms with E-state index < -0.39 is 0 Å². The van der Waals surface area contributed by atoms with E-state index in [4.69, 9.17) is 10.00 Å². The van der Waals surface area contributed by atoms with Gasteiger partial charge in [-0.15, -0.1) is 0 Å². The first-order chi connectivity index (χ1) is 11.8. The molecule has 0 aliphatic carbocycles. The highest BCUT2D eigenvalue weighted by Gasteiger charge is 2.22. The normalized spacial score (nSPS) is 14.1. The largest absolute Gasteiger partial charge is 0.484 e. The molecule has 1 aromatic heterocycles. The van der Waals surface area contributed by atoms with Gasteiger partial charge >= 0.3 is 0 Å². The first-order valence-corrected chi connectivity index (χ1v) is 7.83. The van der Waals surface area contributed by atoms with Crippen LogP contribution in [0.1, 0.15) is 5.56 Å². The van der Waals surface area contributed by atoms with E-state index >= 15 is 0 Å². The smallest absolute Gasteiger partial charge is 0.260 e.